The smallest absolute Gasteiger partial charge is 0.244 e. The van der Waals surface area contributed by atoms with Gasteiger partial charge in [-0.1, -0.05) is 6.07 Å². The second-order valence-electron chi connectivity index (χ2n) is 5.78. The van der Waals surface area contributed by atoms with E-state index in [4.69, 9.17) is 18.9 Å². The molecule has 0 aromatic heterocycles. The highest BCUT2D eigenvalue weighted by atomic mass is 16.7. The maximum atomic E-state index is 12.3. The lowest BCUT2D eigenvalue weighted by atomic mass is 10.1. The third kappa shape index (κ3) is 3.91. The van der Waals surface area contributed by atoms with Crippen molar-refractivity contribution in [1.29, 1.82) is 0 Å². The van der Waals surface area contributed by atoms with Gasteiger partial charge in [-0.15, -0.1) is 0 Å². The summed E-state index contributed by atoms with van der Waals surface area (Å²) in [5.41, 5.74) is 1.70. The molecule has 136 valence electrons. The standard InChI is InChI=1S/C20H21NO5/c1-13(16-11-15(23-2)6-8-17(16)24-3)21-20(22)9-5-14-4-7-18-19(10-14)26-12-25-18/h4-11,13H,12H2,1-3H3,(H,21,22). The predicted octanol–water partition coefficient (Wildman–Crippen LogP) is 3.32. The number of nitrogens with one attached hydrogen (secondary N) is 1. The predicted molar refractivity (Wildman–Crippen MR) is 97.7 cm³/mol. The molecule has 3 rings (SSSR count). The largest absolute Gasteiger partial charge is 0.497 e. The highest BCUT2D eigenvalue weighted by molar-refractivity contribution is 5.92. The summed E-state index contributed by atoms with van der Waals surface area (Å²) in [6.45, 7) is 2.12. The highest BCUT2D eigenvalue weighted by Gasteiger charge is 2.15. The van der Waals surface area contributed by atoms with Crippen LogP contribution in [-0.2, 0) is 4.79 Å². The fraction of sp³-hybridized carbons (Fsp3) is 0.250. The monoisotopic (exact) mass is 355 g/mol. The molecule has 2 aromatic rings. The molecule has 1 aliphatic rings. The molecule has 0 saturated carbocycles. The van der Waals surface area contributed by atoms with Crippen LogP contribution in [0.5, 0.6) is 23.0 Å². The minimum Gasteiger partial charge on any atom is -0.497 e. The second-order valence-corrected chi connectivity index (χ2v) is 5.78. The summed E-state index contributed by atoms with van der Waals surface area (Å²) < 4.78 is 21.2. The van der Waals surface area contributed by atoms with E-state index in [0.29, 0.717) is 23.0 Å². The lowest BCUT2D eigenvalue weighted by Gasteiger charge is -2.17. The van der Waals surface area contributed by atoms with Gasteiger partial charge < -0.3 is 24.3 Å². The molecular weight excluding hydrogens is 334 g/mol. The van der Waals surface area contributed by atoms with Gasteiger partial charge in [-0.3, -0.25) is 4.79 Å². The van der Waals surface area contributed by atoms with Gasteiger partial charge in [-0.05, 0) is 48.9 Å². The van der Waals surface area contributed by atoms with E-state index in [-0.39, 0.29) is 18.7 Å². The first-order valence-corrected chi connectivity index (χ1v) is 8.21. The van der Waals surface area contributed by atoms with E-state index in [1.165, 1.54) is 6.08 Å². The van der Waals surface area contributed by atoms with Crippen LogP contribution in [0.25, 0.3) is 6.08 Å². The number of hydrogen-bond acceptors (Lipinski definition) is 5. The average molecular weight is 355 g/mol. The van der Waals surface area contributed by atoms with Crippen LogP contribution in [0.1, 0.15) is 24.1 Å². The van der Waals surface area contributed by atoms with Gasteiger partial charge in [0.15, 0.2) is 11.5 Å². The Bertz CT molecular complexity index is 831. The quantitative estimate of drug-likeness (QED) is 0.805. The van der Waals surface area contributed by atoms with Crippen LogP contribution >= 0.6 is 0 Å². The van der Waals surface area contributed by atoms with Gasteiger partial charge in [0.1, 0.15) is 11.5 Å². The van der Waals surface area contributed by atoms with Crippen LogP contribution < -0.4 is 24.3 Å². The van der Waals surface area contributed by atoms with E-state index < -0.39 is 0 Å². The van der Waals surface area contributed by atoms with E-state index in [1.807, 2.05) is 43.3 Å². The highest BCUT2D eigenvalue weighted by Crippen LogP contribution is 2.33. The summed E-state index contributed by atoms with van der Waals surface area (Å²) in [7, 11) is 3.20. The van der Waals surface area contributed by atoms with Gasteiger partial charge >= 0.3 is 0 Å². The number of ether oxygens (including phenoxy) is 4. The lowest BCUT2D eigenvalue weighted by molar-refractivity contribution is -0.117. The summed E-state index contributed by atoms with van der Waals surface area (Å²) in [5.74, 6) is 2.59. The van der Waals surface area contributed by atoms with E-state index in [0.717, 1.165) is 11.1 Å². The number of hydrogen-bond donors (Lipinski definition) is 1. The minimum atomic E-state index is -0.242. The van der Waals surface area contributed by atoms with Gasteiger partial charge in [0.2, 0.25) is 12.7 Å². The normalized spacial score (nSPS) is 13.5. The van der Waals surface area contributed by atoms with Gasteiger partial charge in [0.05, 0.1) is 20.3 Å². The maximum Gasteiger partial charge on any atom is 0.244 e. The number of methoxy groups -OCH3 is 2. The van der Waals surface area contributed by atoms with Crippen molar-refractivity contribution in [3.63, 3.8) is 0 Å². The number of carbonyl (C=O) groups is 1. The van der Waals surface area contributed by atoms with E-state index >= 15 is 0 Å². The van der Waals surface area contributed by atoms with Crippen molar-refractivity contribution in [1.82, 2.24) is 5.32 Å². The van der Waals surface area contributed by atoms with Crippen LogP contribution in [0.3, 0.4) is 0 Å². The molecule has 1 amide bonds. The molecule has 0 aliphatic carbocycles. The molecular formula is C20H21NO5. The minimum absolute atomic E-state index is 0.208. The van der Waals surface area contributed by atoms with Crippen molar-refractivity contribution in [3.8, 4) is 23.0 Å². The SMILES string of the molecule is COc1ccc(OC)c(C(C)NC(=O)C=Cc2ccc3c(c2)OCO3)c1. The van der Waals surface area contributed by atoms with Crippen LogP contribution in [0.15, 0.2) is 42.5 Å². The van der Waals surface area contributed by atoms with E-state index in [9.17, 15) is 4.79 Å². The molecule has 26 heavy (non-hydrogen) atoms. The number of amides is 1. The Balaban J connectivity index is 1.68. The Morgan fingerprint density at radius 3 is 2.69 bits per heavy atom. The van der Waals surface area contributed by atoms with Crippen molar-refractivity contribution >= 4 is 12.0 Å². The third-order valence-electron chi connectivity index (χ3n) is 4.09. The number of rotatable bonds is 6. The van der Waals surface area contributed by atoms with E-state index in [1.54, 1.807) is 20.3 Å². The van der Waals surface area contributed by atoms with Crippen LogP contribution in [0.2, 0.25) is 0 Å². The van der Waals surface area contributed by atoms with Gasteiger partial charge in [-0.2, -0.15) is 0 Å². The van der Waals surface area contributed by atoms with Crippen LogP contribution in [0.4, 0.5) is 0 Å². The molecule has 6 nitrogen and oxygen atoms in total. The van der Waals surface area contributed by atoms with Crippen LogP contribution in [0, 0.1) is 0 Å². The molecule has 0 radical (unpaired) electrons. The summed E-state index contributed by atoms with van der Waals surface area (Å²) in [6, 6.07) is 10.8. The van der Waals surface area contributed by atoms with Crippen molar-refractivity contribution in [2.75, 3.05) is 21.0 Å². The molecule has 6 heteroatoms. The number of carbonyl (C=O) groups excluding carboxylic acids is 1. The van der Waals surface area contributed by atoms with Gasteiger partial charge in [-0.25, -0.2) is 0 Å². The zero-order valence-electron chi connectivity index (χ0n) is 14.9. The summed E-state index contributed by atoms with van der Waals surface area (Å²) >= 11 is 0. The number of fused-ring (bicyclic) bond motifs is 1. The first kappa shape index (κ1) is 17.7. The molecule has 0 bridgehead atoms. The Kier molecular flexibility index (Phi) is 5.31. The lowest BCUT2D eigenvalue weighted by Crippen LogP contribution is -2.25. The molecule has 2 aromatic carbocycles. The molecule has 0 fully saturated rings. The Hall–Kier alpha value is -3.15. The van der Waals surface area contributed by atoms with Crippen molar-refractivity contribution in [2.24, 2.45) is 0 Å². The number of benzene rings is 2. The average Bonchev–Trinajstić information content (AvgIpc) is 3.13. The molecule has 1 atom stereocenters. The topological polar surface area (TPSA) is 66.0 Å². The van der Waals surface area contributed by atoms with Crippen molar-refractivity contribution < 1.29 is 23.7 Å². The summed E-state index contributed by atoms with van der Waals surface area (Å²) in [5, 5.41) is 2.93. The van der Waals surface area contributed by atoms with E-state index in [2.05, 4.69) is 5.32 Å². The Morgan fingerprint density at radius 1 is 1.12 bits per heavy atom. The third-order valence-corrected chi connectivity index (χ3v) is 4.09. The first-order valence-electron chi connectivity index (χ1n) is 8.21. The molecule has 0 spiro atoms. The summed E-state index contributed by atoms with van der Waals surface area (Å²) in [4.78, 5) is 12.3. The molecule has 1 aliphatic heterocycles. The second kappa shape index (κ2) is 7.82. The molecule has 1 heterocycles. The fourth-order valence-corrected chi connectivity index (χ4v) is 2.71. The van der Waals surface area contributed by atoms with Crippen molar-refractivity contribution in [2.45, 2.75) is 13.0 Å². The van der Waals surface area contributed by atoms with Gasteiger partial charge in [0.25, 0.3) is 0 Å². The zero-order chi connectivity index (χ0) is 18.5. The Labute approximate surface area is 152 Å². The van der Waals surface area contributed by atoms with Crippen molar-refractivity contribution in [3.05, 3.63) is 53.6 Å². The van der Waals surface area contributed by atoms with Gasteiger partial charge in [0, 0.05) is 11.6 Å². The molecule has 0 saturated heterocycles. The maximum absolute atomic E-state index is 12.3. The molecule has 1 N–H and O–H groups in total. The molecule has 1 unspecified atom stereocenters. The summed E-state index contributed by atoms with van der Waals surface area (Å²) in [6.07, 6.45) is 3.22. The van der Waals surface area contributed by atoms with Crippen LogP contribution in [-0.4, -0.2) is 26.9 Å². The fourth-order valence-electron chi connectivity index (χ4n) is 2.71. The Morgan fingerprint density at radius 2 is 1.92 bits per heavy atom. The first-order chi connectivity index (χ1) is 12.6. The zero-order valence-corrected chi connectivity index (χ0v) is 14.9.